The van der Waals surface area contributed by atoms with Gasteiger partial charge >= 0.3 is 0 Å². The van der Waals surface area contributed by atoms with E-state index in [4.69, 9.17) is 16.0 Å². The van der Waals surface area contributed by atoms with Crippen molar-refractivity contribution in [2.75, 3.05) is 6.54 Å². The van der Waals surface area contributed by atoms with Crippen molar-refractivity contribution in [2.45, 2.75) is 13.0 Å². The largest absolute Gasteiger partial charge is 0.440 e. The van der Waals surface area contributed by atoms with E-state index < -0.39 is 0 Å². The molecule has 0 bridgehead atoms. The second kappa shape index (κ2) is 5.54. The van der Waals surface area contributed by atoms with Crippen LogP contribution in [0.3, 0.4) is 0 Å². The Balaban J connectivity index is 1.70. The quantitative estimate of drug-likeness (QED) is 0.829. The predicted octanol–water partition coefficient (Wildman–Crippen LogP) is 1.95. The van der Waals surface area contributed by atoms with Gasteiger partial charge in [-0.05, 0) is 36.2 Å². The lowest BCUT2D eigenvalue weighted by molar-refractivity contribution is 0.0925. The molecule has 90 valence electrons. The van der Waals surface area contributed by atoms with Crippen LogP contribution in [-0.2, 0) is 6.54 Å². The third-order valence-corrected chi connectivity index (χ3v) is 2.41. The average Bonchev–Trinajstić information content (AvgIpc) is 2.95. The Morgan fingerprint density at radius 3 is 3.06 bits per heavy atom. The molecule has 0 aromatic carbocycles. The number of aromatic nitrogens is 2. The molecule has 1 N–H and O–H groups in total. The van der Waals surface area contributed by atoms with Crippen molar-refractivity contribution < 1.29 is 9.21 Å². The Bertz CT molecular complexity index is 479. The maximum atomic E-state index is 11.5. The number of hydrogen-bond acceptors (Lipinski definition) is 3. The summed E-state index contributed by atoms with van der Waals surface area (Å²) in [5.74, 6) is -0.0218. The lowest BCUT2D eigenvalue weighted by Gasteiger charge is -2.03. The van der Waals surface area contributed by atoms with E-state index >= 15 is 0 Å². The maximum absolute atomic E-state index is 11.5. The fraction of sp³-hybridized carbons (Fsp3) is 0.273. The molecule has 6 heteroatoms. The van der Waals surface area contributed by atoms with Crippen LogP contribution in [0.15, 0.2) is 35.0 Å². The van der Waals surface area contributed by atoms with Crippen LogP contribution >= 0.6 is 11.6 Å². The van der Waals surface area contributed by atoms with Crippen molar-refractivity contribution in [1.82, 2.24) is 15.1 Å². The zero-order valence-electron chi connectivity index (χ0n) is 9.10. The molecule has 0 aliphatic carbocycles. The number of aryl methyl sites for hydroxylation is 1. The highest BCUT2D eigenvalue weighted by Crippen LogP contribution is 2.12. The fourth-order valence-electron chi connectivity index (χ4n) is 1.40. The van der Waals surface area contributed by atoms with Crippen molar-refractivity contribution in [3.05, 3.63) is 41.6 Å². The summed E-state index contributed by atoms with van der Waals surface area (Å²) < 4.78 is 6.80. The lowest BCUT2D eigenvalue weighted by atomic mass is 10.4. The summed E-state index contributed by atoms with van der Waals surface area (Å²) in [5, 5.41) is 7.02. The van der Waals surface area contributed by atoms with E-state index in [1.807, 2.05) is 16.9 Å². The van der Waals surface area contributed by atoms with E-state index in [0.29, 0.717) is 6.54 Å². The van der Waals surface area contributed by atoms with E-state index in [1.54, 1.807) is 18.3 Å². The minimum absolute atomic E-state index is 0.215. The second-order valence-electron chi connectivity index (χ2n) is 3.48. The average molecular weight is 254 g/mol. The molecule has 0 radical (unpaired) electrons. The monoisotopic (exact) mass is 253 g/mol. The molecule has 5 nitrogen and oxygen atoms in total. The standard InChI is InChI=1S/C11H12ClN3O2/c12-10-4-3-9(17-10)11(16)13-5-1-7-15-8-2-6-14-15/h2-4,6,8H,1,5,7H2,(H,13,16). The first-order valence-corrected chi connectivity index (χ1v) is 5.64. The number of amides is 1. The third kappa shape index (κ3) is 3.35. The Kier molecular flexibility index (Phi) is 3.82. The van der Waals surface area contributed by atoms with Gasteiger partial charge < -0.3 is 9.73 Å². The van der Waals surface area contributed by atoms with Gasteiger partial charge in [0.05, 0.1) is 0 Å². The van der Waals surface area contributed by atoms with Crippen LogP contribution in [0.1, 0.15) is 17.0 Å². The Labute approximate surface area is 103 Å². The molecule has 0 spiro atoms. The number of hydrogen-bond donors (Lipinski definition) is 1. The summed E-state index contributed by atoms with van der Waals surface area (Å²) in [4.78, 5) is 11.5. The van der Waals surface area contributed by atoms with Gasteiger partial charge in [0.25, 0.3) is 5.91 Å². The van der Waals surface area contributed by atoms with Crippen molar-refractivity contribution in [3.8, 4) is 0 Å². The zero-order valence-corrected chi connectivity index (χ0v) is 9.85. The van der Waals surface area contributed by atoms with Crippen molar-refractivity contribution in [3.63, 3.8) is 0 Å². The molecule has 2 rings (SSSR count). The number of carbonyl (C=O) groups is 1. The van der Waals surface area contributed by atoms with E-state index in [-0.39, 0.29) is 16.9 Å². The molecule has 1 amide bonds. The first-order valence-electron chi connectivity index (χ1n) is 5.26. The predicted molar refractivity (Wildman–Crippen MR) is 62.9 cm³/mol. The van der Waals surface area contributed by atoms with E-state index in [1.165, 1.54) is 0 Å². The second-order valence-corrected chi connectivity index (χ2v) is 3.85. The summed E-state index contributed by atoms with van der Waals surface area (Å²) in [6.07, 6.45) is 4.42. The topological polar surface area (TPSA) is 60.1 Å². The van der Waals surface area contributed by atoms with Gasteiger partial charge in [0.2, 0.25) is 0 Å². The van der Waals surface area contributed by atoms with Crippen molar-refractivity contribution >= 4 is 17.5 Å². The number of carbonyl (C=O) groups excluding carboxylic acids is 1. The van der Waals surface area contributed by atoms with Crippen LogP contribution < -0.4 is 5.32 Å². The number of nitrogens with zero attached hydrogens (tertiary/aromatic N) is 2. The first kappa shape index (κ1) is 11.7. The van der Waals surface area contributed by atoms with Crippen LogP contribution in [0.5, 0.6) is 0 Å². The zero-order chi connectivity index (χ0) is 12.1. The molecule has 0 fully saturated rings. The summed E-state index contributed by atoms with van der Waals surface area (Å²) in [6, 6.07) is 4.95. The number of nitrogens with one attached hydrogen (secondary N) is 1. The maximum Gasteiger partial charge on any atom is 0.287 e. The van der Waals surface area contributed by atoms with E-state index in [0.717, 1.165) is 13.0 Å². The Hall–Kier alpha value is -1.75. The normalized spacial score (nSPS) is 10.4. The van der Waals surface area contributed by atoms with Gasteiger partial charge in [-0.3, -0.25) is 9.48 Å². The van der Waals surface area contributed by atoms with Gasteiger partial charge in [-0.25, -0.2) is 0 Å². The fourth-order valence-corrected chi connectivity index (χ4v) is 1.55. The lowest BCUT2D eigenvalue weighted by Crippen LogP contribution is -2.24. The van der Waals surface area contributed by atoms with Gasteiger partial charge in [0.15, 0.2) is 11.0 Å². The molecule has 2 heterocycles. The molecule has 2 aromatic heterocycles. The Morgan fingerprint density at radius 1 is 1.53 bits per heavy atom. The molecule has 0 atom stereocenters. The molecule has 0 saturated carbocycles. The highest BCUT2D eigenvalue weighted by Gasteiger charge is 2.09. The number of halogens is 1. The molecule has 17 heavy (non-hydrogen) atoms. The van der Waals surface area contributed by atoms with Crippen LogP contribution in [0, 0.1) is 0 Å². The smallest absolute Gasteiger partial charge is 0.287 e. The van der Waals surface area contributed by atoms with Crippen LogP contribution in [0.25, 0.3) is 0 Å². The van der Waals surface area contributed by atoms with Crippen LogP contribution in [-0.4, -0.2) is 22.2 Å². The molecular formula is C11H12ClN3O2. The summed E-state index contributed by atoms with van der Waals surface area (Å²) in [7, 11) is 0. The van der Waals surface area contributed by atoms with Gasteiger partial charge in [0, 0.05) is 25.5 Å². The van der Waals surface area contributed by atoms with Gasteiger partial charge in [-0.2, -0.15) is 5.10 Å². The minimum atomic E-state index is -0.252. The summed E-state index contributed by atoms with van der Waals surface area (Å²) >= 11 is 5.58. The summed E-state index contributed by atoms with van der Waals surface area (Å²) in [6.45, 7) is 1.34. The van der Waals surface area contributed by atoms with E-state index in [9.17, 15) is 4.79 Å². The van der Waals surface area contributed by atoms with Crippen LogP contribution in [0.2, 0.25) is 5.22 Å². The SMILES string of the molecule is O=C(NCCCn1cccn1)c1ccc(Cl)o1. The summed E-state index contributed by atoms with van der Waals surface area (Å²) in [5.41, 5.74) is 0. The van der Waals surface area contributed by atoms with Crippen molar-refractivity contribution in [2.24, 2.45) is 0 Å². The molecule has 0 aliphatic rings. The number of furan rings is 1. The third-order valence-electron chi connectivity index (χ3n) is 2.21. The van der Waals surface area contributed by atoms with Gasteiger partial charge in [-0.1, -0.05) is 0 Å². The van der Waals surface area contributed by atoms with E-state index in [2.05, 4.69) is 10.4 Å². The van der Waals surface area contributed by atoms with Crippen molar-refractivity contribution in [1.29, 1.82) is 0 Å². The van der Waals surface area contributed by atoms with Gasteiger partial charge in [-0.15, -0.1) is 0 Å². The molecule has 0 saturated heterocycles. The molecule has 0 unspecified atom stereocenters. The Morgan fingerprint density at radius 2 is 2.41 bits per heavy atom. The molecular weight excluding hydrogens is 242 g/mol. The highest BCUT2D eigenvalue weighted by atomic mass is 35.5. The first-order chi connectivity index (χ1) is 8.25. The minimum Gasteiger partial charge on any atom is -0.440 e. The highest BCUT2D eigenvalue weighted by molar-refractivity contribution is 6.29. The van der Waals surface area contributed by atoms with Gasteiger partial charge in [0.1, 0.15) is 0 Å². The molecule has 2 aromatic rings. The van der Waals surface area contributed by atoms with Crippen LogP contribution in [0.4, 0.5) is 0 Å². The molecule has 0 aliphatic heterocycles. The number of rotatable bonds is 5.